The number of ether oxygens (including phenoxy) is 1. The second-order valence-corrected chi connectivity index (χ2v) is 10.3. The van der Waals surface area contributed by atoms with Gasteiger partial charge in [0, 0.05) is 21.9 Å². The van der Waals surface area contributed by atoms with Crippen LogP contribution in [0.4, 0.5) is 0 Å². The molecule has 7 heteroatoms. The molecule has 0 saturated heterocycles. The van der Waals surface area contributed by atoms with Gasteiger partial charge in [-0.1, -0.05) is 36.4 Å². The quantitative estimate of drug-likeness (QED) is 0.245. The van der Waals surface area contributed by atoms with Crippen molar-refractivity contribution in [1.82, 2.24) is 25.1 Å². The third-order valence-electron chi connectivity index (χ3n) is 7.51. The molecular formula is C32H27N5O2. The summed E-state index contributed by atoms with van der Waals surface area (Å²) in [4.78, 5) is 13.3. The molecule has 7 nitrogen and oxygen atoms in total. The van der Waals surface area contributed by atoms with E-state index in [9.17, 15) is 0 Å². The molecule has 2 aromatic carbocycles. The van der Waals surface area contributed by atoms with Crippen LogP contribution in [0.5, 0.6) is 5.75 Å². The van der Waals surface area contributed by atoms with Crippen LogP contribution in [0.15, 0.2) is 89.9 Å². The summed E-state index contributed by atoms with van der Waals surface area (Å²) >= 11 is 0. The number of rotatable bonds is 6. The van der Waals surface area contributed by atoms with Crippen molar-refractivity contribution in [2.75, 3.05) is 0 Å². The average molecular weight is 514 g/mol. The Morgan fingerprint density at radius 1 is 1.08 bits per heavy atom. The summed E-state index contributed by atoms with van der Waals surface area (Å²) in [5.74, 6) is 1.54. The molecule has 39 heavy (non-hydrogen) atoms. The smallest absolute Gasteiger partial charge is 0.159 e. The van der Waals surface area contributed by atoms with Crippen molar-refractivity contribution < 1.29 is 9.15 Å². The summed E-state index contributed by atoms with van der Waals surface area (Å²) in [5.41, 5.74) is 8.53. The van der Waals surface area contributed by atoms with Crippen LogP contribution in [0.3, 0.4) is 0 Å². The minimum Gasteiger partial charge on any atom is -0.489 e. The fraction of sp³-hybridized carbons (Fsp3) is 0.156. The fourth-order valence-electron chi connectivity index (χ4n) is 5.36. The molecule has 7 rings (SSSR count). The number of pyridine rings is 1. The van der Waals surface area contributed by atoms with Crippen LogP contribution in [-0.4, -0.2) is 25.1 Å². The van der Waals surface area contributed by atoms with Crippen LogP contribution in [-0.2, 0) is 12.0 Å². The van der Waals surface area contributed by atoms with Crippen LogP contribution in [0.2, 0.25) is 0 Å². The lowest BCUT2D eigenvalue weighted by molar-refractivity contribution is 0.306. The first kappa shape index (κ1) is 23.2. The Kier molecular flexibility index (Phi) is 5.44. The van der Waals surface area contributed by atoms with Gasteiger partial charge in [0.2, 0.25) is 0 Å². The number of hydrogen-bond acceptors (Lipinski definition) is 5. The molecule has 4 aromatic heterocycles. The van der Waals surface area contributed by atoms with E-state index in [1.165, 1.54) is 0 Å². The molecule has 0 saturated carbocycles. The van der Waals surface area contributed by atoms with E-state index in [2.05, 4.69) is 65.4 Å². The fourth-order valence-corrected chi connectivity index (χ4v) is 5.36. The highest BCUT2D eigenvalue weighted by atomic mass is 16.5. The SMILES string of the molecule is Cc1cc(OCc2ccccc2)cc(-c2cc3c(-c4nc5c([nH]4)C(C)(c4ccoc4)CC=C5)n[nH]c3cn2)c1. The molecule has 0 bridgehead atoms. The second-order valence-electron chi connectivity index (χ2n) is 10.3. The van der Waals surface area contributed by atoms with Gasteiger partial charge in [-0.15, -0.1) is 0 Å². The Bertz CT molecular complexity index is 1810. The molecule has 6 aromatic rings. The lowest BCUT2D eigenvalue weighted by Gasteiger charge is -2.29. The predicted molar refractivity (Wildman–Crippen MR) is 151 cm³/mol. The Labute approximate surface area is 225 Å². The molecule has 4 heterocycles. The molecule has 0 fully saturated rings. The number of fused-ring (bicyclic) bond motifs is 2. The van der Waals surface area contributed by atoms with Crippen LogP contribution in [0.1, 0.15) is 41.4 Å². The molecule has 2 N–H and O–H groups in total. The van der Waals surface area contributed by atoms with E-state index < -0.39 is 0 Å². The summed E-state index contributed by atoms with van der Waals surface area (Å²) < 4.78 is 11.5. The third kappa shape index (κ3) is 4.12. The van der Waals surface area contributed by atoms with E-state index >= 15 is 0 Å². The zero-order valence-corrected chi connectivity index (χ0v) is 21.7. The third-order valence-corrected chi connectivity index (χ3v) is 7.51. The molecule has 0 spiro atoms. The predicted octanol–water partition coefficient (Wildman–Crippen LogP) is 7.22. The zero-order chi connectivity index (χ0) is 26.4. The highest BCUT2D eigenvalue weighted by Crippen LogP contribution is 2.41. The van der Waals surface area contributed by atoms with Crippen LogP contribution >= 0.6 is 0 Å². The van der Waals surface area contributed by atoms with Gasteiger partial charge < -0.3 is 14.1 Å². The minimum atomic E-state index is -0.251. The Morgan fingerprint density at radius 3 is 2.82 bits per heavy atom. The van der Waals surface area contributed by atoms with Crippen molar-refractivity contribution in [1.29, 1.82) is 0 Å². The Morgan fingerprint density at radius 2 is 1.97 bits per heavy atom. The molecule has 1 unspecified atom stereocenters. The van der Waals surface area contributed by atoms with Crippen molar-refractivity contribution in [2.45, 2.75) is 32.3 Å². The number of furan rings is 1. The summed E-state index contributed by atoms with van der Waals surface area (Å²) in [6, 6.07) is 20.5. The van der Waals surface area contributed by atoms with Crippen molar-refractivity contribution in [3.05, 3.63) is 114 Å². The minimum absolute atomic E-state index is 0.251. The standard InChI is InChI=1S/C32H27N5O2/c1-20-13-22(15-24(14-20)39-18-21-7-4-3-5-8-21)27-16-25-28(17-33-27)36-37-29(25)31-34-26-9-6-11-32(2,30(26)35-31)23-10-12-38-19-23/h3-10,12-17,19H,11,18H2,1-2H3,(H,34,35)(H,36,37). The number of nitrogens with zero attached hydrogens (tertiary/aromatic N) is 3. The van der Waals surface area contributed by atoms with E-state index in [0.29, 0.717) is 6.61 Å². The highest BCUT2D eigenvalue weighted by molar-refractivity contribution is 5.93. The number of nitrogens with one attached hydrogen (secondary N) is 2. The van der Waals surface area contributed by atoms with Crippen molar-refractivity contribution in [3.63, 3.8) is 0 Å². The average Bonchev–Trinajstić information content (AvgIpc) is 3.72. The van der Waals surface area contributed by atoms with Gasteiger partial charge in [-0.2, -0.15) is 5.10 Å². The molecule has 1 atom stereocenters. The molecule has 192 valence electrons. The molecule has 1 aliphatic rings. The number of aromatic nitrogens is 5. The van der Waals surface area contributed by atoms with Gasteiger partial charge in [-0.25, -0.2) is 4.98 Å². The van der Waals surface area contributed by atoms with E-state index in [0.717, 1.165) is 73.9 Å². The lowest BCUT2D eigenvalue weighted by atomic mass is 9.75. The van der Waals surface area contributed by atoms with Crippen molar-refractivity contribution in [2.24, 2.45) is 0 Å². The number of H-pyrrole nitrogens is 2. The van der Waals surface area contributed by atoms with Gasteiger partial charge in [0.25, 0.3) is 0 Å². The first-order chi connectivity index (χ1) is 19.1. The normalized spacial score (nSPS) is 16.5. The number of allylic oxidation sites excluding steroid dienone is 1. The van der Waals surface area contributed by atoms with Gasteiger partial charge in [-0.3, -0.25) is 10.1 Å². The molecule has 0 amide bonds. The van der Waals surface area contributed by atoms with E-state index in [4.69, 9.17) is 19.1 Å². The number of benzene rings is 2. The number of imidazole rings is 1. The van der Waals surface area contributed by atoms with Crippen molar-refractivity contribution in [3.8, 4) is 28.5 Å². The van der Waals surface area contributed by atoms with E-state index in [-0.39, 0.29) is 5.41 Å². The number of hydrogen-bond donors (Lipinski definition) is 2. The maximum absolute atomic E-state index is 6.12. The van der Waals surface area contributed by atoms with Gasteiger partial charge in [-0.05, 0) is 67.8 Å². The maximum Gasteiger partial charge on any atom is 0.159 e. The van der Waals surface area contributed by atoms with Crippen LogP contribution < -0.4 is 4.74 Å². The number of aryl methyl sites for hydroxylation is 1. The van der Waals surface area contributed by atoms with Crippen LogP contribution in [0, 0.1) is 6.92 Å². The highest BCUT2D eigenvalue weighted by Gasteiger charge is 2.36. The Hall–Kier alpha value is -4.91. The monoisotopic (exact) mass is 513 g/mol. The van der Waals surface area contributed by atoms with Gasteiger partial charge in [0.15, 0.2) is 5.82 Å². The van der Waals surface area contributed by atoms with E-state index in [1.54, 1.807) is 6.26 Å². The Balaban J connectivity index is 1.25. The number of aromatic amines is 2. The molecule has 0 aliphatic heterocycles. The van der Waals surface area contributed by atoms with Gasteiger partial charge in [0.1, 0.15) is 18.1 Å². The largest absolute Gasteiger partial charge is 0.489 e. The lowest BCUT2D eigenvalue weighted by Crippen LogP contribution is -2.25. The first-order valence-electron chi connectivity index (χ1n) is 13.0. The topological polar surface area (TPSA) is 92.6 Å². The van der Waals surface area contributed by atoms with Crippen LogP contribution in [0.25, 0.3) is 39.8 Å². The van der Waals surface area contributed by atoms with Gasteiger partial charge >= 0.3 is 0 Å². The summed E-state index contributed by atoms with van der Waals surface area (Å²) in [6.07, 6.45) is 10.5. The van der Waals surface area contributed by atoms with Gasteiger partial charge in [0.05, 0.1) is 41.3 Å². The summed E-state index contributed by atoms with van der Waals surface area (Å²) in [5, 5.41) is 8.70. The summed E-state index contributed by atoms with van der Waals surface area (Å²) in [6.45, 7) is 4.79. The van der Waals surface area contributed by atoms with E-state index in [1.807, 2.05) is 48.9 Å². The first-order valence-corrected chi connectivity index (χ1v) is 13.0. The second kappa shape index (κ2) is 9.13. The molecule has 1 aliphatic carbocycles. The summed E-state index contributed by atoms with van der Waals surface area (Å²) in [7, 11) is 0. The molecular weight excluding hydrogens is 486 g/mol. The zero-order valence-electron chi connectivity index (χ0n) is 21.7. The maximum atomic E-state index is 6.12. The van der Waals surface area contributed by atoms with Crippen molar-refractivity contribution >= 4 is 17.0 Å². The molecule has 0 radical (unpaired) electrons.